The van der Waals surface area contributed by atoms with Crippen LogP contribution in [0.5, 0.6) is 0 Å². The molecule has 122 valence electrons. The number of nitro groups is 1. The lowest BCUT2D eigenvalue weighted by Crippen LogP contribution is -3.15. The number of hydrogen-bond donors (Lipinski definition) is 2. The van der Waals surface area contributed by atoms with E-state index in [2.05, 4.69) is 5.32 Å². The second kappa shape index (κ2) is 7.85. The molecule has 0 saturated heterocycles. The molecule has 7 heteroatoms. The molecule has 0 saturated carbocycles. The number of nitro benzene ring substituents is 1. The Hall–Kier alpha value is -2.25. The summed E-state index contributed by atoms with van der Waals surface area (Å²) < 4.78 is 0. The zero-order valence-electron chi connectivity index (χ0n) is 13.1. The fourth-order valence-electron chi connectivity index (χ4n) is 2.39. The average Bonchev–Trinajstić information content (AvgIpc) is 3.05. The van der Waals surface area contributed by atoms with Crippen LogP contribution in [-0.4, -0.2) is 23.4 Å². The molecular formula is C16H20N3O3S+. The normalized spacial score (nSPS) is 13.3. The molecule has 0 spiro atoms. The van der Waals surface area contributed by atoms with Gasteiger partial charge in [0.1, 0.15) is 12.2 Å². The van der Waals surface area contributed by atoms with Gasteiger partial charge in [-0.15, -0.1) is 11.3 Å². The van der Waals surface area contributed by atoms with E-state index in [1.165, 1.54) is 10.9 Å². The highest BCUT2D eigenvalue weighted by Crippen LogP contribution is 2.23. The molecule has 0 aliphatic heterocycles. The van der Waals surface area contributed by atoms with Crippen LogP contribution >= 0.6 is 11.3 Å². The third kappa shape index (κ3) is 4.37. The van der Waals surface area contributed by atoms with Crippen molar-refractivity contribution in [3.8, 4) is 0 Å². The van der Waals surface area contributed by atoms with E-state index in [1.807, 2.05) is 31.4 Å². The minimum Gasteiger partial charge on any atom is -0.321 e. The van der Waals surface area contributed by atoms with Crippen molar-refractivity contribution in [3.05, 3.63) is 56.8 Å². The van der Waals surface area contributed by atoms with Crippen molar-refractivity contribution in [2.75, 3.05) is 11.9 Å². The molecule has 0 aliphatic rings. The minimum absolute atomic E-state index is 0.0932. The lowest BCUT2D eigenvalue weighted by atomic mass is 10.2. The molecular weight excluding hydrogens is 314 g/mol. The quantitative estimate of drug-likeness (QED) is 0.601. The summed E-state index contributed by atoms with van der Waals surface area (Å²) in [6.07, 6.45) is 0. The minimum atomic E-state index is -0.490. The van der Waals surface area contributed by atoms with Gasteiger partial charge in [-0.3, -0.25) is 14.9 Å². The maximum Gasteiger partial charge on any atom is 0.292 e. The van der Waals surface area contributed by atoms with E-state index in [0.29, 0.717) is 0 Å². The van der Waals surface area contributed by atoms with Gasteiger partial charge in [-0.1, -0.05) is 18.2 Å². The lowest BCUT2D eigenvalue weighted by molar-refractivity contribution is -0.925. The highest BCUT2D eigenvalue weighted by molar-refractivity contribution is 7.09. The van der Waals surface area contributed by atoms with Gasteiger partial charge in [-0.25, -0.2) is 0 Å². The number of likely N-dealkylation sites (N-methyl/N-ethyl adjacent to an activating group) is 1. The molecule has 1 aromatic carbocycles. The molecule has 2 atom stereocenters. The number of para-hydroxylation sites is 2. The monoisotopic (exact) mass is 334 g/mol. The summed E-state index contributed by atoms with van der Waals surface area (Å²) in [5.41, 5.74) is 0.144. The van der Waals surface area contributed by atoms with Gasteiger partial charge in [0.05, 0.1) is 16.3 Å². The molecule has 6 nitrogen and oxygen atoms in total. The summed E-state index contributed by atoms with van der Waals surface area (Å²) in [6, 6.07) is 9.92. The van der Waals surface area contributed by atoms with E-state index in [-0.39, 0.29) is 23.3 Å². The van der Waals surface area contributed by atoms with Crippen LogP contribution in [0.3, 0.4) is 0 Å². The third-order valence-electron chi connectivity index (χ3n) is 3.80. The van der Waals surface area contributed by atoms with E-state index >= 15 is 0 Å². The Morgan fingerprint density at radius 2 is 2.09 bits per heavy atom. The molecule has 2 rings (SSSR count). The van der Waals surface area contributed by atoms with Crippen LogP contribution in [0.2, 0.25) is 0 Å². The summed E-state index contributed by atoms with van der Waals surface area (Å²) in [4.78, 5) is 25.3. The molecule has 2 N–H and O–H groups in total. The number of carbonyl (C=O) groups excluding carboxylic acids is 1. The first-order valence-electron chi connectivity index (χ1n) is 7.44. The van der Waals surface area contributed by atoms with Crippen LogP contribution in [-0.2, 0) is 11.3 Å². The number of nitrogens with one attached hydrogen (secondary N) is 2. The van der Waals surface area contributed by atoms with Gasteiger partial charge in [0.25, 0.3) is 11.6 Å². The fraction of sp³-hybridized carbons (Fsp3) is 0.312. The second-order valence-corrected chi connectivity index (χ2v) is 6.29. The predicted molar refractivity (Wildman–Crippen MR) is 90.7 cm³/mol. The first-order chi connectivity index (χ1) is 11.0. The average molecular weight is 334 g/mol. The number of quaternary nitrogens is 1. The van der Waals surface area contributed by atoms with Crippen LogP contribution in [0.4, 0.5) is 11.4 Å². The zero-order valence-corrected chi connectivity index (χ0v) is 13.9. The zero-order chi connectivity index (χ0) is 16.8. The van der Waals surface area contributed by atoms with Crippen LogP contribution in [0.25, 0.3) is 0 Å². The van der Waals surface area contributed by atoms with Crippen molar-refractivity contribution in [2.45, 2.75) is 26.4 Å². The number of rotatable bonds is 7. The molecule has 1 amide bonds. The number of carbonyl (C=O) groups is 1. The Labute approximate surface area is 138 Å². The molecule has 1 unspecified atom stereocenters. The van der Waals surface area contributed by atoms with E-state index in [4.69, 9.17) is 0 Å². The summed E-state index contributed by atoms with van der Waals surface area (Å²) in [5.74, 6) is -0.215. The summed E-state index contributed by atoms with van der Waals surface area (Å²) in [5, 5.41) is 15.7. The third-order valence-corrected chi connectivity index (χ3v) is 4.68. The van der Waals surface area contributed by atoms with Crippen molar-refractivity contribution in [2.24, 2.45) is 0 Å². The van der Waals surface area contributed by atoms with Crippen LogP contribution in [0, 0.1) is 10.1 Å². The number of nitrogens with zero attached hydrogens (tertiary/aromatic N) is 1. The van der Waals surface area contributed by atoms with E-state index in [9.17, 15) is 14.9 Å². The standard InChI is InChI=1S/C16H19N3O3S/c1-3-18(11-13-7-6-10-23-13)12(2)16(20)17-14-8-4-5-9-15(14)19(21)22/h4-10,12H,3,11H2,1-2H3,(H,17,20)/p+1/t12-/m0/s1. The fourth-order valence-corrected chi connectivity index (χ4v) is 3.14. The van der Waals surface area contributed by atoms with Gasteiger partial charge >= 0.3 is 0 Å². The van der Waals surface area contributed by atoms with Crippen LogP contribution < -0.4 is 10.2 Å². The smallest absolute Gasteiger partial charge is 0.292 e. The summed E-state index contributed by atoms with van der Waals surface area (Å²) in [7, 11) is 0. The number of benzene rings is 1. The van der Waals surface area contributed by atoms with E-state index < -0.39 is 4.92 Å². The second-order valence-electron chi connectivity index (χ2n) is 5.25. The Kier molecular flexibility index (Phi) is 5.84. The Balaban J connectivity index is 2.08. The van der Waals surface area contributed by atoms with Crippen molar-refractivity contribution in [1.29, 1.82) is 0 Å². The van der Waals surface area contributed by atoms with Crippen LogP contribution in [0.1, 0.15) is 18.7 Å². The van der Waals surface area contributed by atoms with Gasteiger partial charge in [0.15, 0.2) is 6.04 Å². The Bertz CT molecular complexity index is 673. The molecule has 23 heavy (non-hydrogen) atoms. The van der Waals surface area contributed by atoms with E-state index in [0.717, 1.165) is 18.0 Å². The molecule has 0 fully saturated rings. The molecule has 0 aliphatic carbocycles. The highest BCUT2D eigenvalue weighted by atomic mass is 32.1. The van der Waals surface area contributed by atoms with Crippen molar-refractivity contribution in [3.63, 3.8) is 0 Å². The Morgan fingerprint density at radius 3 is 2.70 bits per heavy atom. The molecule has 1 heterocycles. The van der Waals surface area contributed by atoms with Gasteiger partial charge in [0, 0.05) is 6.07 Å². The lowest BCUT2D eigenvalue weighted by Gasteiger charge is -2.23. The number of anilines is 1. The van der Waals surface area contributed by atoms with E-state index in [1.54, 1.807) is 29.5 Å². The number of thiophene rings is 1. The molecule has 0 bridgehead atoms. The van der Waals surface area contributed by atoms with Crippen molar-refractivity contribution in [1.82, 2.24) is 0 Å². The Morgan fingerprint density at radius 1 is 1.35 bits per heavy atom. The number of hydrogen-bond acceptors (Lipinski definition) is 4. The molecule has 0 radical (unpaired) electrons. The van der Waals surface area contributed by atoms with Gasteiger partial charge in [-0.2, -0.15) is 0 Å². The number of amides is 1. The topological polar surface area (TPSA) is 76.7 Å². The first kappa shape index (κ1) is 17.1. The van der Waals surface area contributed by atoms with Gasteiger partial charge < -0.3 is 10.2 Å². The molecule has 2 aromatic rings. The largest absolute Gasteiger partial charge is 0.321 e. The van der Waals surface area contributed by atoms with Crippen LogP contribution in [0.15, 0.2) is 41.8 Å². The summed E-state index contributed by atoms with van der Waals surface area (Å²) >= 11 is 1.66. The van der Waals surface area contributed by atoms with Gasteiger partial charge in [-0.05, 0) is 31.4 Å². The molecule has 1 aromatic heterocycles. The maximum absolute atomic E-state index is 12.5. The van der Waals surface area contributed by atoms with Gasteiger partial charge in [0.2, 0.25) is 0 Å². The highest BCUT2D eigenvalue weighted by Gasteiger charge is 2.26. The maximum atomic E-state index is 12.5. The van der Waals surface area contributed by atoms with Crippen molar-refractivity contribution >= 4 is 28.6 Å². The van der Waals surface area contributed by atoms with Crippen molar-refractivity contribution < 1.29 is 14.6 Å². The first-order valence-corrected chi connectivity index (χ1v) is 8.32. The SMILES string of the molecule is CC[NH+](Cc1cccs1)[C@@H](C)C(=O)Nc1ccccc1[N+](=O)[O-]. The summed E-state index contributed by atoms with van der Waals surface area (Å²) in [6.45, 7) is 5.43. The predicted octanol–water partition coefficient (Wildman–Crippen LogP) is 2.09.